The Labute approximate surface area is 141 Å². The lowest BCUT2D eigenvalue weighted by Gasteiger charge is -2.29. The van der Waals surface area contributed by atoms with Crippen LogP contribution in [0.5, 0.6) is 0 Å². The first-order chi connectivity index (χ1) is 10.3. The molecule has 126 valence electrons. The van der Waals surface area contributed by atoms with Crippen LogP contribution in [0.15, 0.2) is 54.6 Å². The van der Waals surface area contributed by atoms with E-state index in [4.69, 9.17) is 5.73 Å². The van der Waals surface area contributed by atoms with Gasteiger partial charge in [-0.15, -0.1) is 12.4 Å². The van der Waals surface area contributed by atoms with E-state index in [1.54, 1.807) is 6.07 Å². The monoisotopic (exact) mass is 343 g/mol. The Morgan fingerprint density at radius 2 is 1.43 bits per heavy atom. The molecule has 0 aliphatic carbocycles. The summed E-state index contributed by atoms with van der Waals surface area (Å²) < 4.78 is 38.8. The summed E-state index contributed by atoms with van der Waals surface area (Å²) in [6, 6.07) is 15.0. The number of hydrogen-bond acceptors (Lipinski definition) is 1. The number of benzene rings is 2. The molecule has 0 aliphatic rings. The third kappa shape index (κ3) is 4.72. The largest absolute Gasteiger partial charge is 0.416 e. The molecule has 5 heteroatoms. The molecule has 2 unspecified atom stereocenters. The van der Waals surface area contributed by atoms with Gasteiger partial charge in [-0.1, -0.05) is 55.5 Å². The zero-order valence-electron chi connectivity index (χ0n) is 13.0. The lowest BCUT2D eigenvalue weighted by molar-refractivity contribution is -0.137. The molecule has 0 bridgehead atoms. The van der Waals surface area contributed by atoms with Gasteiger partial charge in [0.1, 0.15) is 0 Å². The lowest BCUT2D eigenvalue weighted by Crippen LogP contribution is -2.29. The van der Waals surface area contributed by atoms with Crippen LogP contribution < -0.4 is 5.73 Å². The lowest BCUT2D eigenvalue weighted by atomic mass is 9.78. The number of hydrogen-bond donors (Lipinski definition) is 1. The van der Waals surface area contributed by atoms with Gasteiger partial charge in [-0.2, -0.15) is 13.2 Å². The Hall–Kier alpha value is -1.52. The van der Waals surface area contributed by atoms with Gasteiger partial charge >= 0.3 is 6.18 Å². The van der Waals surface area contributed by atoms with Crippen molar-refractivity contribution in [3.05, 3.63) is 71.3 Å². The van der Waals surface area contributed by atoms with Crippen molar-refractivity contribution in [3.8, 4) is 0 Å². The van der Waals surface area contributed by atoms with Crippen molar-refractivity contribution in [2.45, 2.75) is 37.9 Å². The molecule has 0 aliphatic heterocycles. The number of rotatable bonds is 4. The molecule has 0 heterocycles. The van der Waals surface area contributed by atoms with Crippen molar-refractivity contribution < 1.29 is 13.2 Å². The van der Waals surface area contributed by atoms with E-state index in [1.807, 2.05) is 44.2 Å². The Morgan fingerprint density at radius 1 is 0.870 bits per heavy atom. The second kappa shape index (κ2) is 7.84. The molecule has 3 atom stereocenters. The minimum atomic E-state index is -4.34. The second-order valence-electron chi connectivity index (χ2n) is 5.71. The average Bonchev–Trinajstić information content (AvgIpc) is 2.47. The summed E-state index contributed by atoms with van der Waals surface area (Å²) in [5, 5.41) is 0. The third-order valence-corrected chi connectivity index (χ3v) is 4.03. The smallest absolute Gasteiger partial charge is 0.327 e. The highest BCUT2D eigenvalue weighted by Crippen LogP contribution is 2.37. The van der Waals surface area contributed by atoms with E-state index in [-0.39, 0.29) is 30.3 Å². The minimum absolute atomic E-state index is 0. The maximum absolute atomic E-state index is 12.9. The van der Waals surface area contributed by atoms with E-state index >= 15 is 0 Å². The SMILES string of the molecule is CC(N)C(c1cccc(C(F)(F)F)c1)[C@H](C)c1ccccc1.Cl. The fraction of sp³-hybridized carbons (Fsp3) is 0.333. The summed E-state index contributed by atoms with van der Waals surface area (Å²) in [5.74, 6) is -0.144. The van der Waals surface area contributed by atoms with E-state index in [9.17, 15) is 13.2 Å². The maximum atomic E-state index is 12.9. The molecule has 1 nitrogen and oxygen atoms in total. The van der Waals surface area contributed by atoms with Gasteiger partial charge in [0.15, 0.2) is 0 Å². The fourth-order valence-electron chi connectivity index (χ4n) is 2.93. The standard InChI is InChI=1S/C18H20F3N.ClH/c1-12(14-7-4-3-5-8-14)17(13(2)22)15-9-6-10-16(11-15)18(19,20)21;/h3-13,17H,22H2,1-2H3;1H/t12-,13?,17?;/m1./s1. The number of halogens is 4. The molecular formula is C18H21ClF3N. The van der Waals surface area contributed by atoms with Crippen LogP contribution >= 0.6 is 12.4 Å². The van der Waals surface area contributed by atoms with Crippen LogP contribution in [0.25, 0.3) is 0 Å². The maximum Gasteiger partial charge on any atom is 0.416 e. The van der Waals surface area contributed by atoms with Gasteiger partial charge in [-0.3, -0.25) is 0 Å². The van der Waals surface area contributed by atoms with Gasteiger partial charge in [0.2, 0.25) is 0 Å². The third-order valence-electron chi connectivity index (χ3n) is 4.03. The Bertz CT molecular complexity index is 611. The van der Waals surface area contributed by atoms with Gasteiger partial charge in [-0.05, 0) is 30.0 Å². The summed E-state index contributed by atoms with van der Waals surface area (Å²) >= 11 is 0. The molecule has 2 aromatic carbocycles. The summed E-state index contributed by atoms with van der Waals surface area (Å²) in [5.41, 5.74) is 7.15. The van der Waals surface area contributed by atoms with Crippen LogP contribution in [0.3, 0.4) is 0 Å². The van der Waals surface area contributed by atoms with E-state index in [2.05, 4.69) is 0 Å². The summed E-state index contributed by atoms with van der Waals surface area (Å²) in [7, 11) is 0. The quantitative estimate of drug-likeness (QED) is 0.794. The molecular weight excluding hydrogens is 323 g/mol. The summed E-state index contributed by atoms with van der Waals surface area (Å²) in [4.78, 5) is 0. The van der Waals surface area contributed by atoms with Crippen LogP contribution in [-0.4, -0.2) is 6.04 Å². The zero-order chi connectivity index (χ0) is 16.3. The fourth-order valence-corrected chi connectivity index (χ4v) is 2.93. The average molecular weight is 344 g/mol. The van der Waals surface area contributed by atoms with Crippen molar-refractivity contribution in [1.29, 1.82) is 0 Å². The molecule has 2 rings (SSSR count). The first kappa shape index (κ1) is 19.5. The van der Waals surface area contributed by atoms with Crippen LogP contribution in [0, 0.1) is 0 Å². The molecule has 0 spiro atoms. The Balaban J connectivity index is 0.00000264. The van der Waals surface area contributed by atoms with Crippen LogP contribution in [0.1, 0.15) is 42.4 Å². The molecule has 0 aromatic heterocycles. The predicted octanol–water partition coefficient (Wildman–Crippen LogP) is 5.36. The van der Waals surface area contributed by atoms with E-state index < -0.39 is 11.7 Å². The Kier molecular flexibility index (Phi) is 6.66. The normalized spacial score (nSPS) is 15.4. The van der Waals surface area contributed by atoms with Gasteiger partial charge in [0.05, 0.1) is 5.56 Å². The highest BCUT2D eigenvalue weighted by Gasteiger charge is 2.32. The molecule has 0 saturated carbocycles. The van der Waals surface area contributed by atoms with Crippen molar-refractivity contribution in [1.82, 2.24) is 0 Å². The second-order valence-corrected chi connectivity index (χ2v) is 5.71. The van der Waals surface area contributed by atoms with E-state index in [0.717, 1.165) is 11.6 Å². The first-order valence-corrected chi connectivity index (χ1v) is 7.28. The predicted molar refractivity (Wildman–Crippen MR) is 89.9 cm³/mol. The van der Waals surface area contributed by atoms with Crippen molar-refractivity contribution >= 4 is 12.4 Å². The molecule has 0 fully saturated rings. The van der Waals surface area contributed by atoms with Crippen molar-refractivity contribution in [2.75, 3.05) is 0 Å². The van der Waals surface area contributed by atoms with Crippen molar-refractivity contribution in [2.24, 2.45) is 5.73 Å². The highest BCUT2D eigenvalue weighted by molar-refractivity contribution is 5.85. The Morgan fingerprint density at radius 3 is 1.96 bits per heavy atom. The molecule has 0 saturated heterocycles. The minimum Gasteiger partial charge on any atom is -0.327 e. The molecule has 0 amide bonds. The van der Waals surface area contributed by atoms with Gasteiger partial charge in [0, 0.05) is 12.0 Å². The van der Waals surface area contributed by atoms with Crippen LogP contribution in [-0.2, 0) is 6.18 Å². The number of nitrogens with two attached hydrogens (primary N) is 1. The van der Waals surface area contributed by atoms with Crippen molar-refractivity contribution in [3.63, 3.8) is 0 Å². The molecule has 0 radical (unpaired) electrons. The topological polar surface area (TPSA) is 26.0 Å². The summed E-state index contributed by atoms with van der Waals surface area (Å²) in [6.45, 7) is 3.84. The molecule has 23 heavy (non-hydrogen) atoms. The van der Waals surface area contributed by atoms with Crippen LogP contribution in [0.2, 0.25) is 0 Å². The highest BCUT2D eigenvalue weighted by atomic mass is 35.5. The number of alkyl halides is 3. The van der Waals surface area contributed by atoms with E-state index in [1.165, 1.54) is 12.1 Å². The zero-order valence-corrected chi connectivity index (χ0v) is 13.9. The van der Waals surface area contributed by atoms with Gasteiger partial charge in [-0.25, -0.2) is 0 Å². The van der Waals surface area contributed by atoms with E-state index in [0.29, 0.717) is 5.56 Å². The van der Waals surface area contributed by atoms with Crippen LogP contribution in [0.4, 0.5) is 13.2 Å². The van der Waals surface area contributed by atoms with Gasteiger partial charge in [0.25, 0.3) is 0 Å². The summed E-state index contributed by atoms with van der Waals surface area (Å²) in [6.07, 6.45) is -4.34. The van der Waals surface area contributed by atoms with Gasteiger partial charge < -0.3 is 5.73 Å². The molecule has 2 N–H and O–H groups in total. The molecule has 2 aromatic rings. The first-order valence-electron chi connectivity index (χ1n) is 7.28.